The van der Waals surface area contributed by atoms with Crippen LogP contribution in [0.2, 0.25) is 5.15 Å². The van der Waals surface area contributed by atoms with Gasteiger partial charge in [-0.3, -0.25) is 0 Å². The minimum absolute atomic E-state index is 0.173. The first kappa shape index (κ1) is 8.36. The predicted molar refractivity (Wildman–Crippen MR) is 37.6 cm³/mol. The van der Waals surface area contributed by atoms with Gasteiger partial charge in [0.15, 0.2) is 5.15 Å². The Morgan fingerprint density at radius 1 is 1.73 bits per heavy atom. The van der Waals surface area contributed by atoms with Crippen molar-refractivity contribution in [1.82, 2.24) is 9.97 Å². The van der Waals surface area contributed by atoms with E-state index in [-0.39, 0.29) is 10.8 Å². The second-order valence-corrected chi connectivity index (χ2v) is 2.41. The zero-order chi connectivity index (χ0) is 8.43. The van der Waals surface area contributed by atoms with Gasteiger partial charge in [0.2, 0.25) is 0 Å². The fraction of sp³-hybridized carbons (Fsp3) is 0.333. The molecule has 0 spiro atoms. The number of aliphatic hydroxyl groups excluding tert-OH is 1. The molecule has 0 saturated carbocycles. The molecule has 0 amide bonds. The smallest absolute Gasteiger partial charge is 0.250 e. The van der Waals surface area contributed by atoms with Crippen LogP contribution in [0.3, 0.4) is 0 Å². The Morgan fingerprint density at radius 2 is 2.36 bits per heavy atom. The number of aliphatic hydroxyl groups is 1. The third-order valence-electron chi connectivity index (χ3n) is 1.14. The monoisotopic (exact) mass is 176 g/mol. The lowest BCUT2D eigenvalue weighted by atomic mass is 10.3. The zero-order valence-electron chi connectivity index (χ0n) is 5.75. The largest absolute Gasteiger partial charge is 0.387 e. The van der Waals surface area contributed by atoms with Crippen LogP contribution in [0.5, 0.6) is 0 Å². The molecule has 60 valence electrons. The summed E-state index contributed by atoms with van der Waals surface area (Å²) in [5, 5.41) is 8.64. The average Bonchev–Trinajstić information content (AvgIpc) is 1.94. The number of rotatable bonds is 1. The predicted octanol–water partition coefficient (Wildman–Crippen LogP) is 1.32. The van der Waals surface area contributed by atoms with E-state index in [1.807, 2.05) is 0 Å². The molecule has 0 aliphatic carbocycles. The van der Waals surface area contributed by atoms with Crippen LogP contribution < -0.4 is 0 Å². The van der Waals surface area contributed by atoms with Gasteiger partial charge in [-0.2, -0.15) is 4.39 Å². The molecule has 1 atom stereocenters. The second-order valence-electron chi connectivity index (χ2n) is 2.05. The Labute approximate surface area is 67.9 Å². The van der Waals surface area contributed by atoms with Crippen molar-refractivity contribution in [2.75, 3.05) is 0 Å². The summed E-state index contributed by atoms with van der Waals surface area (Å²) in [7, 11) is 0. The standard InChI is InChI=1S/C6H6ClFN2O/c1-3(11)4-2-9-5(7)6(8)10-4/h2-3,11H,1H3. The van der Waals surface area contributed by atoms with Crippen molar-refractivity contribution >= 4 is 11.6 Å². The maximum absolute atomic E-state index is 12.5. The molecule has 1 unspecified atom stereocenters. The maximum Gasteiger partial charge on any atom is 0.250 e. The van der Waals surface area contributed by atoms with Crippen molar-refractivity contribution in [3.05, 3.63) is 23.0 Å². The van der Waals surface area contributed by atoms with Crippen LogP contribution in [-0.2, 0) is 0 Å². The van der Waals surface area contributed by atoms with Crippen LogP contribution in [0.4, 0.5) is 4.39 Å². The summed E-state index contributed by atoms with van der Waals surface area (Å²) in [6.07, 6.45) is 0.407. The molecule has 1 heterocycles. The fourth-order valence-corrected chi connectivity index (χ4v) is 0.657. The maximum atomic E-state index is 12.5. The van der Waals surface area contributed by atoms with Gasteiger partial charge < -0.3 is 5.11 Å². The molecule has 1 aromatic heterocycles. The van der Waals surface area contributed by atoms with Crippen molar-refractivity contribution in [2.45, 2.75) is 13.0 Å². The van der Waals surface area contributed by atoms with Gasteiger partial charge in [0.05, 0.1) is 18.0 Å². The molecule has 1 N–H and O–H groups in total. The van der Waals surface area contributed by atoms with E-state index in [0.29, 0.717) is 0 Å². The van der Waals surface area contributed by atoms with Crippen LogP contribution >= 0.6 is 11.6 Å². The van der Waals surface area contributed by atoms with E-state index in [9.17, 15) is 4.39 Å². The van der Waals surface area contributed by atoms with Gasteiger partial charge in [0.25, 0.3) is 5.95 Å². The van der Waals surface area contributed by atoms with Crippen molar-refractivity contribution in [3.8, 4) is 0 Å². The molecule has 0 aromatic carbocycles. The van der Waals surface area contributed by atoms with E-state index in [1.165, 1.54) is 13.1 Å². The first-order valence-corrected chi connectivity index (χ1v) is 3.35. The third kappa shape index (κ3) is 1.85. The molecule has 0 bridgehead atoms. The number of hydrogen-bond acceptors (Lipinski definition) is 3. The molecular weight excluding hydrogens is 171 g/mol. The van der Waals surface area contributed by atoms with Gasteiger partial charge in [-0.05, 0) is 6.92 Å². The molecule has 0 aliphatic rings. The highest BCUT2D eigenvalue weighted by Crippen LogP contribution is 2.12. The van der Waals surface area contributed by atoms with Crippen LogP contribution in [0, 0.1) is 5.95 Å². The van der Waals surface area contributed by atoms with E-state index in [4.69, 9.17) is 16.7 Å². The molecular formula is C6H6ClFN2O. The SMILES string of the molecule is CC(O)c1cnc(Cl)c(F)n1. The minimum Gasteiger partial charge on any atom is -0.387 e. The Bertz CT molecular complexity index is 267. The number of hydrogen-bond donors (Lipinski definition) is 1. The lowest BCUT2D eigenvalue weighted by Gasteiger charge is -2.01. The summed E-state index contributed by atoms with van der Waals surface area (Å²) in [6.45, 7) is 1.47. The van der Waals surface area contributed by atoms with E-state index in [2.05, 4.69) is 9.97 Å². The van der Waals surface area contributed by atoms with Gasteiger partial charge in [0, 0.05) is 0 Å². The summed E-state index contributed by atoms with van der Waals surface area (Å²) >= 11 is 5.26. The molecule has 5 heteroatoms. The highest BCUT2D eigenvalue weighted by Gasteiger charge is 2.07. The summed E-state index contributed by atoms with van der Waals surface area (Å²) in [4.78, 5) is 6.83. The Hall–Kier alpha value is -0.740. The quantitative estimate of drug-likeness (QED) is 0.702. The fourth-order valence-electron chi connectivity index (χ4n) is 0.566. The van der Waals surface area contributed by atoms with Crippen molar-refractivity contribution in [2.24, 2.45) is 0 Å². The summed E-state index contributed by atoms with van der Waals surface area (Å²) in [6, 6.07) is 0. The lowest BCUT2D eigenvalue weighted by molar-refractivity contribution is 0.192. The Morgan fingerprint density at radius 3 is 2.82 bits per heavy atom. The second kappa shape index (κ2) is 3.11. The number of nitrogens with zero attached hydrogens (tertiary/aromatic N) is 2. The third-order valence-corrected chi connectivity index (χ3v) is 1.39. The molecule has 1 aromatic rings. The van der Waals surface area contributed by atoms with Gasteiger partial charge >= 0.3 is 0 Å². The Balaban J connectivity index is 3.05. The van der Waals surface area contributed by atoms with E-state index < -0.39 is 12.1 Å². The highest BCUT2D eigenvalue weighted by atomic mass is 35.5. The number of halogens is 2. The van der Waals surface area contributed by atoms with Gasteiger partial charge in [-0.25, -0.2) is 9.97 Å². The summed E-state index contributed by atoms with van der Waals surface area (Å²) < 4.78 is 12.5. The summed E-state index contributed by atoms with van der Waals surface area (Å²) in [5.41, 5.74) is 0.173. The molecule has 1 rings (SSSR count). The minimum atomic E-state index is -0.856. The molecule has 0 fully saturated rings. The zero-order valence-corrected chi connectivity index (χ0v) is 6.51. The van der Waals surface area contributed by atoms with Gasteiger partial charge in [-0.15, -0.1) is 0 Å². The first-order chi connectivity index (χ1) is 5.11. The average molecular weight is 177 g/mol. The Kier molecular flexibility index (Phi) is 2.36. The van der Waals surface area contributed by atoms with Crippen molar-refractivity contribution < 1.29 is 9.50 Å². The normalized spacial score (nSPS) is 13.1. The van der Waals surface area contributed by atoms with Crippen LogP contribution in [0.15, 0.2) is 6.20 Å². The molecule has 11 heavy (non-hydrogen) atoms. The van der Waals surface area contributed by atoms with Crippen LogP contribution in [0.25, 0.3) is 0 Å². The van der Waals surface area contributed by atoms with Crippen LogP contribution in [0.1, 0.15) is 18.7 Å². The van der Waals surface area contributed by atoms with E-state index in [0.717, 1.165) is 0 Å². The van der Waals surface area contributed by atoms with E-state index in [1.54, 1.807) is 0 Å². The topological polar surface area (TPSA) is 46.0 Å². The molecule has 0 saturated heterocycles. The number of aromatic nitrogens is 2. The summed E-state index contributed by atoms with van der Waals surface area (Å²) in [5.74, 6) is -0.856. The van der Waals surface area contributed by atoms with Gasteiger partial charge in [0.1, 0.15) is 0 Å². The molecule has 0 aliphatic heterocycles. The lowest BCUT2D eigenvalue weighted by Crippen LogP contribution is -1.99. The molecule has 0 radical (unpaired) electrons. The highest BCUT2D eigenvalue weighted by molar-refractivity contribution is 6.29. The van der Waals surface area contributed by atoms with Crippen LogP contribution in [-0.4, -0.2) is 15.1 Å². The van der Waals surface area contributed by atoms with Crippen molar-refractivity contribution in [3.63, 3.8) is 0 Å². The molecule has 3 nitrogen and oxygen atoms in total. The van der Waals surface area contributed by atoms with Gasteiger partial charge in [-0.1, -0.05) is 11.6 Å². The first-order valence-electron chi connectivity index (χ1n) is 2.97. The van der Waals surface area contributed by atoms with E-state index >= 15 is 0 Å². The van der Waals surface area contributed by atoms with Crippen molar-refractivity contribution in [1.29, 1.82) is 0 Å².